The molecule has 0 atom stereocenters. The molecule has 0 aromatic heterocycles. The van der Waals surface area contributed by atoms with Crippen molar-refractivity contribution in [3.8, 4) is 11.5 Å². The van der Waals surface area contributed by atoms with Gasteiger partial charge in [0.05, 0.1) is 19.4 Å². The highest BCUT2D eigenvalue weighted by Crippen LogP contribution is 2.31. The van der Waals surface area contributed by atoms with Crippen LogP contribution in [0.15, 0.2) is 23.3 Å². The van der Waals surface area contributed by atoms with Crippen LogP contribution in [0.25, 0.3) is 0 Å². The van der Waals surface area contributed by atoms with E-state index in [1.54, 1.807) is 19.2 Å². The van der Waals surface area contributed by atoms with E-state index in [-0.39, 0.29) is 0 Å². The molecule has 4 nitrogen and oxygen atoms in total. The molecule has 1 N–H and O–H groups in total. The summed E-state index contributed by atoms with van der Waals surface area (Å²) in [6.07, 6.45) is 13.2. The van der Waals surface area contributed by atoms with Gasteiger partial charge in [0.2, 0.25) is 0 Å². The summed E-state index contributed by atoms with van der Waals surface area (Å²) in [6, 6.07) is 5.31. The van der Waals surface area contributed by atoms with Crippen molar-refractivity contribution in [2.75, 3.05) is 13.7 Å². The second kappa shape index (κ2) is 12.9. The van der Waals surface area contributed by atoms with Crippen molar-refractivity contribution in [2.45, 2.75) is 71.1 Å². The van der Waals surface area contributed by atoms with E-state index in [1.807, 2.05) is 6.07 Å². The average molecular weight is 320 g/mol. The number of methoxy groups -OCH3 is 1. The van der Waals surface area contributed by atoms with Gasteiger partial charge in [-0.1, -0.05) is 64.7 Å². The van der Waals surface area contributed by atoms with E-state index in [2.05, 4.69) is 12.0 Å². The zero-order chi connectivity index (χ0) is 16.8. The Labute approximate surface area is 141 Å². The molecule has 0 spiro atoms. The number of hydrogen-bond donors (Lipinski definition) is 1. The van der Waals surface area contributed by atoms with Crippen LogP contribution in [-0.2, 0) is 0 Å². The van der Waals surface area contributed by atoms with Crippen LogP contribution in [0.4, 0.5) is 5.69 Å². The Bertz CT molecular complexity index is 435. The highest BCUT2D eigenvalue weighted by atomic mass is 16.5. The molecule has 0 radical (unpaired) electrons. The quantitative estimate of drug-likeness (QED) is 0.308. The summed E-state index contributed by atoms with van der Waals surface area (Å²) in [5, 5.41) is 3.40. The largest absolute Gasteiger partial charge is 0.493 e. The molecule has 0 unspecified atom stereocenters. The van der Waals surface area contributed by atoms with Gasteiger partial charge in [0.1, 0.15) is 0 Å². The van der Waals surface area contributed by atoms with Gasteiger partial charge in [0.15, 0.2) is 11.5 Å². The molecule has 0 aliphatic carbocycles. The molecule has 0 saturated carbocycles. The maximum Gasteiger partial charge on any atom is 0.162 e. The van der Waals surface area contributed by atoms with Crippen LogP contribution in [0, 0.1) is 5.53 Å². The highest BCUT2D eigenvalue weighted by Gasteiger charge is 2.05. The van der Waals surface area contributed by atoms with Gasteiger partial charge in [-0.25, -0.2) is 5.53 Å². The van der Waals surface area contributed by atoms with E-state index < -0.39 is 0 Å². The highest BCUT2D eigenvalue weighted by molar-refractivity contribution is 5.51. The van der Waals surface area contributed by atoms with E-state index in [1.165, 1.54) is 57.8 Å². The minimum absolute atomic E-state index is 0.577. The number of unbranched alkanes of at least 4 members (excludes halogenated alkanes) is 9. The smallest absolute Gasteiger partial charge is 0.162 e. The molecule has 0 aliphatic heterocycles. The SMILES string of the molecule is CCCCCCCCCCCCOc1ccc(N=N)cc1OC. The lowest BCUT2D eigenvalue weighted by molar-refractivity contribution is 0.284. The molecule has 4 heteroatoms. The van der Waals surface area contributed by atoms with Crippen LogP contribution in [0.3, 0.4) is 0 Å². The number of rotatable bonds is 14. The molecule has 0 saturated heterocycles. The van der Waals surface area contributed by atoms with Crippen LogP contribution in [0.5, 0.6) is 11.5 Å². The van der Waals surface area contributed by atoms with Crippen molar-refractivity contribution >= 4 is 5.69 Å². The first kappa shape index (κ1) is 19.5. The first-order chi connectivity index (χ1) is 11.3. The summed E-state index contributed by atoms with van der Waals surface area (Å²) in [5.74, 6) is 1.38. The maximum absolute atomic E-state index is 7.01. The lowest BCUT2D eigenvalue weighted by atomic mass is 10.1. The van der Waals surface area contributed by atoms with E-state index in [9.17, 15) is 0 Å². The Morgan fingerprint density at radius 3 is 2.04 bits per heavy atom. The van der Waals surface area contributed by atoms with E-state index in [4.69, 9.17) is 15.0 Å². The number of benzene rings is 1. The first-order valence-corrected chi connectivity index (χ1v) is 9.00. The van der Waals surface area contributed by atoms with Crippen molar-refractivity contribution < 1.29 is 9.47 Å². The topological polar surface area (TPSA) is 54.7 Å². The van der Waals surface area contributed by atoms with Crippen molar-refractivity contribution in [2.24, 2.45) is 5.11 Å². The summed E-state index contributed by atoms with van der Waals surface area (Å²) in [5.41, 5.74) is 7.59. The van der Waals surface area contributed by atoms with Gasteiger partial charge in [-0.05, 0) is 18.6 Å². The minimum Gasteiger partial charge on any atom is -0.493 e. The molecule has 23 heavy (non-hydrogen) atoms. The molecule has 1 rings (SSSR count). The standard InChI is InChI=1S/C19H32N2O2/c1-3-4-5-6-7-8-9-10-11-12-15-23-18-14-13-17(21-20)16-19(18)22-2/h13-14,16,20H,3-12,15H2,1-2H3. The van der Waals surface area contributed by atoms with Gasteiger partial charge in [-0.2, -0.15) is 5.11 Å². The Hall–Kier alpha value is -1.58. The van der Waals surface area contributed by atoms with Crippen molar-refractivity contribution in [3.63, 3.8) is 0 Å². The summed E-state index contributed by atoms with van der Waals surface area (Å²) in [4.78, 5) is 0. The predicted molar refractivity (Wildman–Crippen MR) is 95.1 cm³/mol. The van der Waals surface area contributed by atoms with Gasteiger partial charge in [0, 0.05) is 6.07 Å². The number of ether oxygens (including phenoxy) is 2. The fourth-order valence-corrected chi connectivity index (χ4v) is 2.62. The van der Waals surface area contributed by atoms with Gasteiger partial charge in [-0.15, -0.1) is 0 Å². The third kappa shape index (κ3) is 8.58. The van der Waals surface area contributed by atoms with Crippen molar-refractivity contribution in [3.05, 3.63) is 18.2 Å². The molecular weight excluding hydrogens is 288 g/mol. The minimum atomic E-state index is 0.577. The first-order valence-electron chi connectivity index (χ1n) is 9.00. The van der Waals surface area contributed by atoms with Crippen LogP contribution >= 0.6 is 0 Å². The van der Waals surface area contributed by atoms with Crippen molar-refractivity contribution in [1.29, 1.82) is 5.53 Å². The summed E-state index contributed by atoms with van der Waals surface area (Å²) in [7, 11) is 1.61. The van der Waals surface area contributed by atoms with Crippen LogP contribution in [-0.4, -0.2) is 13.7 Å². The second-order valence-corrected chi connectivity index (χ2v) is 5.98. The molecule has 0 heterocycles. The third-order valence-corrected chi connectivity index (χ3v) is 4.03. The number of nitrogens with zero attached hydrogens (tertiary/aromatic N) is 1. The molecule has 0 fully saturated rings. The van der Waals surface area contributed by atoms with Gasteiger partial charge in [-0.3, -0.25) is 0 Å². The van der Waals surface area contributed by atoms with E-state index >= 15 is 0 Å². The third-order valence-electron chi connectivity index (χ3n) is 4.03. The van der Waals surface area contributed by atoms with Gasteiger partial charge >= 0.3 is 0 Å². The zero-order valence-corrected chi connectivity index (χ0v) is 14.8. The Kier molecular flexibility index (Phi) is 10.9. The molecule has 1 aromatic rings. The van der Waals surface area contributed by atoms with Gasteiger partial charge < -0.3 is 9.47 Å². The van der Waals surface area contributed by atoms with Crippen molar-refractivity contribution in [1.82, 2.24) is 0 Å². The molecule has 1 aromatic carbocycles. The maximum atomic E-state index is 7.01. The van der Waals surface area contributed by atoms with Crippen LogP contribution in [0.2, 0.25) is 0 Å². The van der Waals surface area contributed by atoms with Crippen LogP contribution in [0.1, 0.15) is 71.1 Å². The Balaban J connectivity index is 2.06. The average Bonchev–Trinajstić information content (AvgIpc) is 2.59. The second-order valence-electron chi connectivity index (χ2n) is 5.98. The molecular formula is C19H32N2O2. The number of nitrogens with one attached hydrogen (secondary N) is 1. The van der Waals surface area contributed by atoms with Gasteiger partial charge in [0.25, 0.3) is 0 Å². The summed E-state index contributed by atoms with van der Waals surface area (Å²) < 4.78 is 11.0. The monoisotopic (exact) mass is 320 g/mol. The van der Waals surface area contributed by atoms with E-state index in [0.29, 0.717) is 18.0 Å². The Morgan fingerprint density at radius 2 is 1.48 bits per heavy atom. The molecule has 130 valence electrons. The molecule has 0 aliphatic rings. The van der Waals surface area contributed by atoms with E-state index in [0.717, 1.165) is 12.2 Å². The summed E-state index contributed by atoms with van der Waals surface area (Å²) >= 11 is 0. The lowest BCUT2D eigenvalue weighted by Crippen LogP contribution is -1.99. The van der Waals surface area contributed by atoms with Crippen LogP contribution < -0.4 is 9.47 Å². The fraction of sp³-hybridized carbons (Fsp3) is 0.684. The number of hydrogen-bond acceptors (Lipinski definition) is 4. The normalized spacial score (nSPS) is 10.5. The fourth-order valence-electron chi connectivity index (χ4n) is 2.62. The molecule has 0 bridgehead atoms. The Morgan fingerprint density at radius 1 is 0.870 bits per heavy atom. The predicted octanol–water partition coefficient (Wildman–Crippen LogP) is 6.66. The summed E-state index contributed by atoms with van der Waals surface area (Å²) in [6.45, 7) is 2.97. The zero-order valence-electron chi connectivity index (χ0n) is 14.8. The lowest BCUT2D eigenvalue weighted by Gasteiger charge is -2.10. The molecule has 0 amide bonds.